The highest BCUT2D eigenvalue weighted by molar-refractivity contribution is 4.85. The molecule has 0 bridgehead atoms. The largest absolute Gasteiger partial charge is 0.394 e. The summed E-state index contributed by atoms with van der Waals surface area (Å²) in [6.45, 7) is -0.321. The molecule has 0 aromatic heterocycles. The predicted molar refractivity (Wildman–Crippen MR) is 34.8 cm³/mol. The highest BCUT2D eigenvalue weighted by Crippen LogP contribution is 2.20. The molecule has 1 aliphatic heterocycles. The van der Waals surface area contributed by atoms with Crippen LogP contribution in [0, 0.1) is 0 Å². The van der Waals surface area contributed by atoms with Crippen LogP contribution in [0.3, 0.4) is 0 Å². The van der Waals surface area contributed by atoms with Gasteiger partial charge in [0.1, 0.15) is 18.3 Å². The number of methoxy groups -OCH3 is 1. The molecule has 5 nitrogen and oxygen atoms in total. The second-order valence-corrected chi connectivity index (χ2v) is 2.44. The lowest BCUT2D eigenvalue weighted by atomic mass is 10.1. The van der Waals surface area contributed by atoms with Gasteiger partial charge in [-0.1, -0.05) is 0 Å². The van der Waals surface area contributed by atoms with Gasteiger partial charge in [-0.25, -0.2) is 0 Å². The molecule has 1 saturated heterocycles. The van der Waals surface area contributed by atoms with Gasteiger partial charge < -0.3 is 24.8 Å². The molecule has 1 heterocycles. The van der Waals surface area contributed by atoms with E-state index in [-0.39, 0.29) is 6.61 Å². The highest BCUT2D eigenvalue weighted by atomic mass is 16.7. The molecule has 5 heteroatoms. The molecule has 0 aliphatic carbocycles. The van der Waals surface area contributed by atoms with Gasteiger partial charge in [0.15, 0.2) is 6.29 Å². The minimum Gasteiger partial charge on any atom is -0.394 e. The Morgan fingerprint density at radius 3 is 2.27 bits per heavy atom. The summed E-state index contributed by atoms with van der Waals surface area (Å²) in [5, 5.41) is 26.9. The lowest BCUT2D eigenvalue weighted by molar-refractivity contribution is -0.153. The van der Waals surface area contributed by atoms with Crippen LogP contribution < -0.4 is 0 Å². The molecule has 0 radical (unpaired) electrons. The molecule has 0 saturated carbocycles. The van der Waals surface area contributed by atoms with Crippen molar-refractivity contribution in [2.45, 2.75) is 24.6 Å². The van der Waals surface area contributed by atoms with Crippen LogP contribution >= 0.6 is 0 Å². The summed E-state index contributed by atoms with van der Waals surface area (Å²) in [4.78, 5) is 0. The van der Waals surface area contributed by atoms with Crippen molar-refractivity contribution in [2.75, 3.05) is 13.7 Å². The molecule has 3 N–H and O–H groups in total. The first-order chi connectivity index (χ1) is 5.20. The van der Waals surface area contributed by atoms with E-state index in [1.165, 1.54) is 7.11 Å². The van der Waals surface area contributed by atoms with Crippen molar-refractivity contribution in [3.05, 3.63) is 0 Å². The molecule has 1 rings (SSSR count). The quantitative estimate of drug-likeness (QED) is 0.443. The van der Waals surface area contributed by atoms with Gasteiger partial charge in [-0.05, 0) is 0 Å². The molecule has 0 spiro atoms. The Balaban J connectivity index is 2.53. The molecule has 4 atom stereocenters. The smallest absolute Gasteiger partial charge is 0.186 e. The zero-order valence-electron chi connectivity index (χ0n) is 6.17. The first-order valence-electron chi connectivity index (χ1n) is 3.36. The van der Waals surface area contributed by atoms with E-state index < -0.39 is 24.6 Å². The monoisotopic (exact) mass is 164 g/mol. The van der Waals surface area contributed by atoms with Crippen LogP contribution in [-0.4, -0.2) is 53.6 Å². The van der Waals surface area contributed by atoms with Gasteiger partial charge >= 0.3 is 0 Å². The van der Waals surface area contributed by atoms with E-state index in [9.17, 15) is 0 Å². The molecule has 1 aliphatic rings. The van der Waals surface area contributed by atoms with E-state index in [1.807, 2.05) is 0 Å². The third kappa shape index (κ3) is 1.52. The standard InChI is InChI=1S/C6H12O5/c1-10-6-5(9)4(8)3(2-7)11-6/h3-9H,2H2,1H3/t3?,4-,5-,6?/m0/s1. The van der Waals surface area contributed by atoms with Gasteiger partial charge in [0.05, 0.1) is 6.61 Å². The maximum Gasteiger partial charge on any atom is 0.186 e. The van der Waals surface area contributed by atoms with Gasteiger partial charge in [-0.2, -0.15) is 0 Å². The lowest BCUT2D eigenvalue weighted by Gasteiger charge is -2.11. The second-order valence-electron chi connectivity index (χ2n) is 2.44. The molecule has 0 aromatic carbocycles. The highest BCUT2D eigenvalue weighted by Gasteiger charge is 2.42. The Hall–Kier alpha value is -0.200. The van der Waals surface area contributed by atoms with Crippen molar-refractivity contribution in [3.63, 3.8) is 0 Å². The third-order valence-electron chi connectivity index (χ3n) is 1.73. The first kappa shape index (κ1) is 8.89. The summed E-state index contributed by atoms with van der Waals surface area (Å²) in [5.74, 6) is 0. The topological polar surface area (TPSA) is 79.2 Å². The van der Waals surface area contributed by atoms with Gasteiger partial charge in [0.2, 0.25) is 0 Å². The van der Waals surface area contributed by atoms with Crippen LogP contribution in [0.15, 0.2) is 0 Å². The molecule has 1 fully saturated rings. The van der Waals surface area contributed by atoms with Crippen LogP contribution in [0.5, 0.6) is 0 Å². The molecule has 2 unspecified atom stereocenters. The summed E-state index contributed by atoms with van der Waals surface area (Å²) in [7, 11) is 1.36. The van der Waals surface area contributed by atoms with Crippen molar-refractivity contribution in [2.24, 2.45) is 0 Å². The average Bonchev–Trinajstić information content (AvgIpc) is 2.30. The van der Waals surface area contributed by atoms with Crippen LogP contribution in [0.1, 0.15) is 0 Å². The van der Waals surface area contributed by atoms with Crippen LogP contribution in [-0.2, 0) is 9.47 Å². The Morgan fingerprint density at radius 2 is 2.00 bits per heavy atom. The molecular weight excluding hydrogens is 152 g/mol. The van der Waals surface area contributed by atoms with Crippen LogP contribution in [0.4, 0.5) is 0 Å². The maximum atomic E-state index is 9.15. The Labute approximate surface area is 64.2 Å². The summed E-state index contributed by atoms with van der Waals surface area (Å²) in [6.07, 6.45) is -3.71. The van der Waals surface area contributed by atoms with Gasteiger partial charge in [-0.15, -0.1) is 0 Å². The van der Waals surface area contributed by atoms with Crippen LogP contribution in [0.25, 0.3) is 0 Å². The Bertz CT molecular complexity index is 110. The molecule has 0 amide bonds. The Morgan fingerprint density at radius 1 is 1.36 bits per heavy atom. The van der Waals surface area contributed by atoms with Crippen molar-refractivity contribution in [1.82, 2.24) is 0 Å². The van der Waals surface area contributed by atoms with E-state index in [2.05, 4.69) is 4.74 Å². The summed E-state index contributed by atoms with van der Waals surface area (Å²) in [6, 6.07) is 0. The fraction of sp³-hybridized carbons (Fsp3) is 1.00. The third-order valence-corrected chi connectivity index (χ3v) is 1.73. The van der Waals surface area contributed by atoms with Gasteiger partial charge in [0.25, 0.3) is 0 Å². The summed E-state index contributed by atoms with van der Waals surface area (Å²) in [5.41, 5.74) is 0. The number of rotatable bonds is 2. The predicted octanol–water partition coefficient (Wildman–Crippen LogP) is -1.93. The number of aliphatic hydroxyl groups is 3. The molecule has 0 aromatic rings. The fourth-order valence-electron chi connectivity index (χ4n) is 1.06. The van der Waals surface area contributed by atoms with Gasteiger partial charge in [-0.3, -0.25) is 0 Å². The normalized spacial score (nSPS) is 44.7. The second kappa shape index (κ2) is 3.46. The van der Waals surface area contributed by atoms with Crippen molar-refractivity contribution >= 4 is 0 Å². The number of hydrogen-bond acceptors (Lipinski definition) is 5. The Kier molecular flexibility index (Phi) is 2.80. The SMILES string of the molecule is COC1OC(CO)[C@H](O)[C@@H]1O. The summed E-state index contributed by atoms with van der Waals surface area (Å²) < 4.78 is 9.59. The molecule has 66 valence electrons. The first-order valence-corrected chi connectivity index (χ1v) is 3.36. The van der Waals surface area contributed by atoms with E-state index in [0.717, 1.165) is 0 Å². The minimum atomic E-state index is -1.07. The summed E-state index contributed by atoms with van der Waals surface area (Å²) >= 11 is 0. The number of aliphatic hydroxyl groups excluding tert-OH is 3. The van der Waals surface area contributed by atoms with E-state index in [4.69, 9.17) is 20.1 Å². The van der Waals surface area contributed by atoms with Crippen molar-refractivity contribution in [3.8, 4) is 0 Å². The van der Waals surface area contributed by atoms with Crippen LogP contribution in [0.2, 0.25) is 0 Å². The number of ether oxygens (including phenoxy) is 2. The van der Waals surface area contributed by atoms with Crippen molar-refractivity contribution < 1.29 is 24.8 Å². The fourth-order valence-corrected chi connectivity index (χ4v) is 1.06. The number of hydrogen-bond donors (Lipinski definition) is 3. The zero-order valence-corrected chi connectivity index (χ0v) is 6.17. The van der Waals surface area contributed by atoms with E-state index in [0.29, 0.717) is 0 Å². The van der Waals surface area contributed by atoms with Gasteiger partial charge in [0, 0.05) is 7.11 Å². The maximum absolute atomic E-state index is 9.15. The van der Waals surface area contributed by atoms with Crippen molar-refractivity contribution in [1.29, 1.82) is 0 Å². The van der Waals surface area contributed by atoms with E-state index >= 15 is 0 Å². The lowest BCUT2D eigenvalue weighted by Crippen LogP contribution is -2.34. The zero-order chi connectivity index (χ0) is 8.43. The average molecular weight is 164 g/mol. The molecular formula is C6H12O5. The van der Waals surface area contributed by atoms with E-state index in [1.54, 1.807) is 0 Å². The minimum absolute atomic E-state index is 0.321. The molecule has 11 heavy (non-hydrogen) atoms.